The summed E-state index contributed by atoms with van der Waals surface area (Å²) in [7, 11) is 0. The number of benzene rings is 2. The Morgan fingerprint density at radius 3 is 1.61 bits per heavy atom. The molecule has 2 aromatic carbocycles. The molecule has 2 heterocycles. The average Bonchev–Trinajstić information content (AvgIpc) is 3.04. The molecule has 2 aliphatic rings. The number of phenols is 2. The summed E-state index contributed by atoms with van der Waals surface area (Å²) in [6.07, 6.45) is 9.00. The number of phenolic OH excluding ortho intramolecular Hbond substituents is 2. The van der Waals surface area contributed by atoms with Gasteiger partial charge >= 0.3 is 0 Å². The molecule has 0 aliphatic carbocycles. The van der Waals surface area contributed by atoms with Gasteiger partial charge in [0.05, 0.1) is 0 Å². The first-order valence-corrected chi connectivity index (χ1v) is 17.6. The predicted molar refractivity (Wildman–Crippen MR) is 198 cm³/mol. The minimum Gasteiger partial charge on any atom is -0.507 e. The van der Waals surface area contributed by atoms with Gasteiger partial charge in [-0.1, -0.05) is 23.3 Å². The molecule has 2 atom stereocenters. The average molecular weight is 677 g/mol. The molecular weight excluding hydrogens is 616 g/mol. The van der Waals surface area contributed by atoms with Crippen molar-refractivity contribution in [2.24, 2.45) is 0 Å². The van der Waals surface area contributed by atoms with Crippen molar-refractivity contribution in [2.75, 3.05) is 6.54 Å². The third-order valence-electron chi connectivity index (χ3n) is 10.2. The zero-order valence-electron chi connectivity index (χ0n) is 32.2. The lowest BCUT2D eigenvalue weighted by molar-refractivity contribution is -0.137. The van der Waals surface area contributed by atoms with E-state index < -0.39 is 11.2 Å². The van der Waals surface area contributed by atoms with Crippen molar-refractivity contribution in [3.63, 3.8) is 0 Å². The summed E-state index contributed by atoms with van der Waals surface area (Å²) >= 11 is 0. The summed E-state index contributed by atoms with van der Waals surface area (Å²) in [4.78, 5) is 25.2. The first-order valence-electron chi connectivity index (χ1n) is 17.6. The molecule has 0 saturated carbocycles. The Bertz CT molecular complexity index is 1650. The number of fused-ring (bicyclic) bond motifs is 2. The molecule has 2 aromatic rings. The Balaban J connectivity index is 0.000000276. The number of carbonyl (C=O) groups excluding carboxylic acids is 2. The second kappa shape index (κ2) is 15.7. The van der Waals surface area contributed by atoms with E-state index in [2.05, 4.69) is 43.6 Å². The van der Waals surface area contributed by atoms with Gasteiger partial charge in [0.1, 0.15) is 23.0 Å². The molecular formula is C41H60N2O6. The van der Waals surface area contributed by atoms with Gasteiger partial charge in [0, 0.05) is 36.6 Å². The number of amides is 2. The molecule has 270 valence electrons. The van der Waals surface area contributed by atoms with Crippen LogP contribution in [0.1, 0.15) is 119 Å². The summed E-state index contributed by atoms with van der Waals surface area (Å²) in [6.45, 7) is 25.8. The highest BCUT2D eigenvalue weighted by Gasteiger charge is 2.42. The van der Waals surface area contributed by atoms with E-state index in [1.165, 1.54) is 11.1 Å². The molecule has 49 heavy (non-hydrogen) atoms. The monoisotopic (exact) mass is 676 g/mol. The first kappa shape index (κ1) is 39.5. The molecule has 0 radical (unpaired) electrons. The van der Waals surface area contributed by atoms with Crippen LogP contribution in [0.5, 0.6) is 23.0 Å². The van der Waals surface area contributed by atoms with E-state index in [9.17, 15) is 19.8 Å². The molecule has 4 N–H and O–H groups in total. The van der Waals surface area contributed by atoms with E-state index in [1.807, 2.05) is 69.2 Å². The summed E-state index contributed by atoms with van der Waals surface area (Å²) < 4.78 is 12.3. The van der Waals surface area contributed by atoms with Crippen molar-refractivity contribution in [3.05, 3.63) is 67.8 Å². The van der Waals surface area contributed by atoms with Crippen LogP contribution in [0.3, 0.4) is 0 Å². The standard InChI is InChI=1S/C24H35NO3.C17H25NO3/c1-15(2)9-8-10-16(3)12-14-25-23(27)24(7)13-11-20-19(6)21(26)17(4)18(5)22(20)28-24;1-9(2)18-16(20)17(6)8-7-13-12(5)14(19)10(3)11(4)15(13)21-17/h9,12,26H,8,10-11,13-14H2,1-7H3,(H,25,27);9,19H,7-8H2,1-6H3,(H,18,20). The van der Waals surface area contributed by atoms with E-state index >= 15 is 0 Å². The minimum atomic E-state index is -0.891. The maximum Gasteiger partial charge on any atom is 0.264 e. The number of carbonyl (C=O) groups is 2. The van der Waals surface area contributed by atoms with E-state index in [0.29, 0.717) is 30.9 Å². The van der Waals surface area contributed by atoms with Crippen LogP contribution in [-0.2, 0) is 22.4 Å². The highest BCUT2D eigenvalue weighted by molar-refractivity contribution is 5.86. The second-order valence-electron chi connectivity index (χ2n) is 14.9. The largest absolute Gasteiger partial charge is 0.507 e. The molecule has 0 saturated heterocycles. The van der Waals surface area contributed by atoms with Gasteiger partial charge in [0.15, 0.2) is 11.2 Å². The van der Waals surface area contributed by atoms with E-state index in [0.717, 1.165) is 81.7 Å². The van der Waals surface area contributed by atoms with E-state index in [1.54, 1.807) is 0 Å². The predicted octanol–water partition coefficient (Wildman–Crippen LogP) is 8.14. The van der Waals surface area contributed by atoms with Crippen LogP contribution in [-0.4, -0.2) is 45.8 Å². The second-order valence-corrected chi connectivity index (χ2v) is 14.9. The lowest BCUT2D eigenvalue weighted by Crippen LogP contribution is -2.52. The van der Waals surface area contributed by atoms with Gasteiger partial charge in [-0.05, 0) is 149 Å². The van der Waals surface area contributed by atoms with Gasteiger partial charge in [0.25, 0.3) is 11.8 Å². The van der Waals surface area contributed by atoms with Gasteiger partial charge < -0.3 is 30.3 Å². The Morgan fingerprint density at radius 1 is 0.735 bits per heavy atom. The van der Waals surface area contributed by atoms with Crippen LogP contribution >= 0.6 is 0 Å². The number of hydrogen-bond donors (Lipinski definition) is 4. The van der Waals surface area contributed by atoms with Crippen molar-refractivity contribution in [3.8, 4) is 23.0 Å². The summed E-state index contributed by atoms with van der Waals surface area (Å²) in [6, 6.07) is 0.0868. The Kier molecular flexibility index (Phi) is 12.7. The van der Waals surface area contributed by atoms with Crippen LogP contribution < -0.4 is 20.1 Å². The molecule has 2 aliphatic heterocycles. The molecule has 2 amide bonds. The maximum atomic E-state index is 12.8. The van der Waals surface area contributed by atoms with Crippen LogP contribution in [0.2, 0.25) is 0 Å². The van der Waals surface area contributed by atoms with Crippen molar-refractivity contribution in [1.29, 1.82) is 0 Å². The fraction of sp³-hybridized carbons (Fsp3) is 0.561. The summed E-state index contributed by atoms with van der Waals surface area (Å²) in [5.41, 5.74) is 8.07. The zero-order chi connectivity index (χ0) is 37.0. The van der Waals surface area contributed by atoms with Crippen molar-refractivity contribution in [1.82, 2.24) is 10.6 Å². The Labute approximate surface area is 294 Å². The number of ether oxygens (including phenoxy) is 2. The van der Waals surface area contributed by atoms with Crippen molar-refractivity contribution in [2.45, 2.75) is 146 Å². The number of allylic oxidation sites excluding steroid dienone is 3. The number of aromatic hydroxyl groups is 2. The SMILES string of the molecule is CC(C)=CCCC(C)=CCNC(=O)C1(C)CCc2c(C)c(O)c(C)c(C)c2O1.Cc1c(C)c2c(c(C)c1O)CCC(C)(C(=O)NC(C)C)O2. The Morgan fingerprint density at radius 2 is 1.18 bits per heavy atom. The highest BCUT2D eigenvalue weighted by atomic mass is 16.5. The molecule has 8 heteroatoms. The smallest absolute Gasteiger partial charge is 0.264 e. The zero-order valence-corrected chi connectivity index (χ0v) is 32.2. The van der Waals surface area contributed by atoms with Gasteiger partial charge in [-0.15, -0.1) is 0 Å². The first-order chi connectivity index (χ1) is 22.7. The van der Waals surface area contributed by atoms with Crippen molar-refractivity contribution < 1.29 is 29.3 Å². The van der Waals surface area contributed by atoms with Crippen molar-refractivity contribution >= 4 is 11.8 Å². The molecule has 0 aromatic heterocycles. The van der Waals surface area contributed by atoms with Gasteiger partial charge in [-0.25, -0.2) is 0 Å². The molecule has 0 bridgehead atoms. The summed E-state index contributed by atoms with van der Waals surface area (Å²) in [5, 5.41) is 26.4. The summed E-state index contributed by atoms with van der Waals surface area (Å²) in [5.74, 6) is 2.02. The van der Waals surface area contributed by atoms with Crippen LogP contribution in [0.25, 0.3) is 0 Å². The maximum absolute atomic E-state index is 12.8. The highest BCUT2D eigenvalue weighted by Crippen LogP contribution is 2.44. The van der Waals surface area contributed by atoms with Gasteiger partial charge in [-0.2, -0.15) is 0 Å². The van der Waals surface area contributed by atoms with Crippen LogP contribution in [0.4, 0.5) is 0 Å². The lowest BCUT2D eigenvalue weighted by Gasteiger charge is -2.37. The molecule has 0 spiro atoms. The van der Waals surface area contributed by atoms with Crippen LogP contribution in [0.15, 0.2) is 23.3 Å². The fourth-order valence-corrected chi connectivity index (χ4v) is 6.43. The number of rotatable bonds is 8. The molecule has 4 rings (SSSR count). The molecule has 2 unspecified atom stereocenters. The topological polar surface area (TPSA) is 117 Å². The lowest BCUT2D eigenvalue weighted by atomic mass is 9.86. The number of hydrogen-bond acceptors (Lipinski definition) is 6. The molecule has 0 fully saturated rings. The Hall–Kier alpha value is -3.94. The third kappa shape index (κ3) is 8.81. The van der Waals surface area contributed by atoms with E-state index in [4.69, 9.17) is 9.47 Å². The normalized spacial score (nSPS) is 19.8. The minimum absolute atomic E-state index is 0.0778. The van der Waals surface area contributed by atoms with E-state index in [-0.39, 0.29) is 17.9 Å². The quantitative estimate of drug-likeness (QED) is 0.210. The third-order valence-corrected chi connectivity index (χ3v) is 10.2. The fourth-order valence-electron chi connectivity index (χ4n) is 6.43. The van der Waals surface area contributed by atoms with Gasteiger partial charge in [0.2, 0.25) is 0 Å². The van der Waals surface area contributed by atoms with Crippen LogP contribution in [0, 0.1) is 41.5 Å². The van der Waals surface area contributed by atoms with Gasteiger partial charge in [-0.3, -0.25) is 9.59 Å². The number of nitrogens with one attached hydrogen (secondary N) is 2. The molecule has 8 nitrogen and oxygen atoms in total.